The highest BCUT2D eigenvalue weighted by molar-refractivity contribution is 7.90. The minimum absolute atomic E-state index is 0.190. The van der Waals surface area contributed by atoms with E-state index in [4.69, 9.17) is 4.74 Å². The van der Waals surface area contributed by atoms with Gasteiger partial charge in [0.05, 0.1) is 11.9 Å². The van der Waals surface area contributed by atoms with Crippen LogP contribution < -0.4 is 4.72 Å². The fourth-order valence-corrected chi connectivity index (χ4v) is 4.85. The van der Waals surface area contributed by atoms with Gasteiger partial charge in [-0.15, -0.1) is 0 Å². The van der Waals surface area contributed by atoms with E-state index in [1.54, 1.807) is 13.8 Å². The normalized spacial score (nSPS) is 25.3. The molecular formula is C20H29NO4S. The standard InChI is InChI=1S/C20H29NO4S/c1-14(2)26(23,24)21-19-18(12-13-25-20(19)22)17-10-8-16(9-11-17)15-6-4-3-5-7-15/h8-11,14-15,18-19,21H,3-7,12-13H2,1-2H3. The van der Waals surface area contributed by atoms with Crippen molar-refractivity contribution in [3.63, 3.8) is 0 Å². The monoisotopic (exact) mass is 379 g/mol. The summed E-state index contributed by atoms with van der Waals surface area (Å²) in [5.41, 5.74) is 2.35. The average molecular weight is 380 g/mol. The third kappa shape index (κ3) is 4.29. The van der Waals surface area contributed by atoms with Gasteiger partial charge in [0.15, 0.2) is 0 Å². The molecule has 1 saturated heterocycles. The predicted molar refractivity (Wildman–Crippen MR) is 102 cm³/mol. The second-order valence-electron chi connectivity index (χ2n) is 7.75. The lowest BCUT2D eigenvalue weighted by molar-refractivity contribution is -0.150. The van der Waals surface area contributed by atoms with Gasteiger partial charge >= 0.3 is 5.97 Å². The maximum absolute atomic E-state index is 12.3. The molecule has 0 amide bonds. The Morgan fingerprint density at radius 2 is 1.62 bits per heavy atom. The van der Waals surface area contributed by atoms with Gasteiger partial charge in [0.25, 0.3) is 0 Å². The van der Waals surface area contributed by atoms with Crippen molar-refractivity contribution in [2.45, 2.75) is 75.5 Å². The van der Waals surface area contributed by atoms with E-state index < -0.39 is 27.3 Å². The second kappa shape index (κ2) is 8.09. The van der Waals surface area contributed by atoms with Crippen molar-refractivity contribution >= 4 is 16.0 Å². The van der Waals surface area contributed by atoms with Gasteiger partial charge in [-0.25, -0.2) is 13.1 Å². The van der Waals surface area contributed by atoms with Crippen molar-refractivity contribution in [1.82, 2.24) is 4.72 Å². The number of benzene rings is 1. The Labute approximate surface area is 156 Å². The zero-order chi connectivity index (χ0) is 18.7. The molecule has 1 N–H and O–H groups in total. The van der Waals surface area contributed by atoms with Crippen molar-refractivity contribution in [3.05, 3.63) is 35.4 Å². The Kier molecular flexibility index (Phi) is 6.03. The lowest BCUT2D eigenvalue weighted by atomic mass is 9.82. The number of ether oxygens (including phenoxy) is 1. The lowest BCUT2D eigenvalue weighted by Crippen LogP contribution is -2.50. The van der Waals surface area contributed by atoms with Crippen molar-refractivity contribution in [1.29, 1.82) is 0 Å². The van der Waals surface area contributed by atoms with Gasteiger partial charge in [0.1, 0.15) is 6.04 Å². The van der Waals surface area contributed by atoms with Crippen LogP contribution in [-0.4, -0.2) is 32.3 Å². The Hall–Kier alpha value is -1.40. The maximum atomic E-state index is 12.3. The topological polar surface area (TPSA) is 72.5 Å². The van der Waals surface area contributed by atoms with Crippen LogP contribution in [0.4, 0.5) is 0 Å². The van der Waals surface area contributed by atoms with E-state index in [0.717, 1.165) is 5.56 Å². The van der Waals surface area contributed by atoms with Crippen molar-refractivity contribution in [2.75, 3.05) is 6.61 Å². The summed E-state index contributed by atoms with van der Waals surface area (Å²) in [4.78, 5) is 12.2. The van der Waals surface area contributed by atoms with Gasteiger partial charge in [-0.1, -0.05) is 43.5 Å². The average Bonchev–Trinajstić information content (AvgIpc) is 2.64. The van der Waals surface area contributed by atoms with E-state index in [1.165, 1.54) is 37.7 Å². The predicted octanol–water partition coefficient (Wildman–Crippen LogP) is 3.46. The number of hydrogen-bond acceptors (Lipinski definition) is 4. The third-order valence-corrected chi connectivity index (χ3v) is 7.51. The first-order chi connectivity index (χ1) is 12.4. The molecule has 1 aliphatic carbocycles. The van der Waals surface area contributed by atoms with Crippen LogP contribution in [0.25, 0.3) is 0 Å². The summed E-state index contributed by atoms with van der Waals surface area (Å²) in [6, 6.07) is 7.57. The minimum Gasteiger partial charge on any atom is -0.464 e. The van der Waals surface area contributed by atoms with Crippen LogP contribution in [-0.2, 0) is 19.6 Å². The van der Waals surface area contributed by atoms with E-state index >= 15 is 0 Å². The summed E-state index contributed by atoms with van der Waals surface area (Å²) in [7, 11) is -3.55. The molecule has 5 nitrogen and oxygen atoms in total. The summed E-state index contributed by atoms with van der Waals surface area (Å²) in [5, 5.41) is -0.591. The van der Waals surface area contributed by atoms with E-state index in [-0.39, 0.29) is 5.92 Å². The first-order valence-electron chi connectivity index (χ1n) is 9.66. The van der Waals surface area contributed by atoms with Gasteiger partial charge in [-0.2, -0.15) is 0 Å². The number of rotatable bonds is 5. The number of cyclic esters (lactones) is 1. The fraction of sp³-hybridized carbons (Fsp3) is 0.650. The first-order valence-corrected chi connectivity index (χ1v) is 11.2. The number of carbonyl (C=O) groups is 1. The molecular weight excluding hydrogens is 350 g/mol. The number of carbonyl (C=O) groups excluding carboxylic acids is 1. The lowest BCUT2D eigenvalue weighted by Gasteiger charge is -2.31. The maximum Gasteiger partial charge on any atom is 0.324 e. The highest BCUT2D eigenvalue weighted by atomic mass is 32.2. The van der Waals surface area contributed by atoms with Gasteiger partial charge in [0, 0.05) is 5.92 Å². The molecule has 0 spiro atoms. The molecule has 1 aliphatic heterocycles. The SMILES string of the molecule is CC(C)S(=O)(=O)NC1C(=O)OCCC1c1ccc(C2CCCCC2)cc1. The van der Waals surface area contributed by atoms with Gasteiger partial charge in [-0.05, 0) is 50.2 Å². The van der Waals surface area contributed by atoms with Crippen LogP contribution in [0.15, 0.2) is 24.3 Å². The molecule has 6 heteroatoms. The minimum atomic E-state index is -3.55. The van der Waals surface area contributed by atoms with Crippen LogP contribution in [0, 0.1) is 0 Å². The molecule has 1 heterocycles. The van der Waals surface area contributed by atoms with Crippen molar-refractivity contribution in [2.24, 2.45) is 0 Å². The van der Waals surface area contributed by atoms with E-state index in [2.05, 4.69) is 29.0 Å². The van der Waals surface area contributed by atoms with Crippen LogP contribution in [0.3, 0.4) is 0 Å². The third-order valence-electron chi connectivity index (χ3n) is 5.68. The first kappa shape index (κ1) is 19.4. The Morgan fingerprint density at radius 1 is 1.00 bits per heavy atom. The van der Waals surface area contributed by atoms with E-state index in [9.17, 15) is 13.2 Å². The van der Waals surface area contributed by atoms with E-state index in [0.29, 0.717) is 18.9 Å². The molecule has 2 fully saturated rings. The van der Waals surface area contributed by atoms with Crippen molar-refractivity contribution < 1.29 is 17.9 Å². The molecule has 1 saturated carbocycles. The summed E-state index contributed by atoms with van der Waals surface area (Å²) < 4.78 is 32.2. The number of esters is 1. The number of sulfonamides is 1. The van der Waals surface area contributed by atoms with Gasteiger partial charge in [-0.3, -0.25) is 4.79 Å². The zero-order valence-corrected chi connectivity index (χ0v) is 16.4. The summed E-state index contributed by atoms with van der Waals surface area (Å²) in [5.74, 6) is -0.0450. The molecule has 144 valence electrons. The van der Waals surface area contributed by atoms with Crippen LogP contribution in [0.2, 0.25) is 0 Å². The largest absolute Gasteiger partial charge is 0.464 e. The Bertz CT molecular complexity index is 721. The molecule has 2 unspecified atom stereocenters. The Morgan fingerprint density at radius 3 is 2.23 bits per heavy atom. The highest BCUT2D eigenvalue weighted by Gasteiger charge is 2.38. The van der Waals surface area contributed by atoms with Gasteiger partial charge < -0.3 is 4.74 Å². The molecule has 2 aliphatic rings. The Balaban J connectivity index is 1.79. The fourth-order valence-electron chi connectivity index (χ4n) is 3.96. The highest BCUT2D eigenvalue weighted by Crippen LogP contribution is 2.34. The number of nitrogens with one attached hydrogen (secondary N) is 1. The molecule has 1 aromatic rings. The molecule has 3 rings (SSSR count). The van der Waals surface area contributed by atoms with Crippen molar-refractivity contribution in [3.8, 4) is 0 Å². The van der Waals surface area contributed by atoms with Crippen LogP contribution in [0.5, 0.6) is 0 Å². The second-order valence-corrected chi connectivity index (χ2v) is 10.0. The zero-order valence-electron chi connectivity index (χ0n) is 15.6. The molecule has 0 bridgehead atoms. The van der Waals surface area contributed by atoms with Crippen LogP contribution in [0.1, 0.15) is 75.3 Å². The summed E-state index contributed by atoms with van der Waals surface area (Å²) in [6.45, 7) is 3.53. The molecule has 0 aromatic heterocycles. The molecule has 2 atom stereocenters. The molecule has 1 aromatic carbocycles. The van der Waals surface area contributed by atoms with E-state index in [1.807, 2.05) is 0 Å². The molecule has 26 heavy (non-hydrogen) atoms. The molecule has 0 radical (unpaired) electrons. The summed E-state index contributed by atoms with van der Waals surface area (Å²) >= 11 is 0. The van der Waals surface area contributed by atoms with Gasteiger partial charge in [0.2, 0.25) is 10.0 Å². The quantitative estimate of drug-likeness (QED) is 0.795. The smallest absolute Gasteiger partial charge is 0.324 e. The van der Waals surface area contributed by atoms with Crippen LogP contribution >= 0.6 is 0 Å². The number of hydrogen-bond donors (Lipinski definition) is 1. The summed E-state index contributed by atoms with van der Waals surface area (Å²) in [6.07, 6.45) is 7.02.